The fourth-order valence-corrected chi connectivity index (χ4v) is 5.88. The molecule has 1 unspecified atom stereocenters. The quantitative estimate of drug-likeness (QED) is 0.155. The van der Waals surface area contributed by atoms with Gasteiger partial charge in [0.1, 0.15) is 17.9 Å². The normalized spacial score (nSPS) is 15.7. The van der Waals surface area contributed by atoms with Crippen molar-refractivity contribution in [2.45, 2.75) is 83.6 Å². The molecule has 0 spiro atoms. The molecule has 0 radical (unpaired) electrons. The number of ether oxygens (including phenoxy) is 2. The first-order valence-corrected chi connectivity index (χ1v) is 15.6. The largest absolute Gasteiger partial charge is 1.00 e. The maximum atomic E-state index is 12.1. The lowest BCUT2D eigenvalue weighted by molar-refractivity contribution is -0.904. The summed E-state index contributed by atoms with van der Waals surface area (Å²) in [6.45, 7) is 8.52. The summed E-state index contributed by atoms with van der Waals surface area (Å²) in [6.07, 6.45) is 8.06. The van der Waals surface area contributed by atoms with Crippen LogP contribution in [0.1, 0.15) is 82.1 Å². The van der Waals surface area contributed by atoms with Gasteiger partial charge in [-0.15, -0.1) is 0 Å². The van der Waals surface area contributed by atoms with Gasteiger partial charge in [-0.2, -0.15) is 0 Å². The van der Waals surface area contributed by atoms with E-state index in [1.165, 1.54) is 6.42 Å². The molecule has 0 saturated heterocycles. The molecule has 44 heavy (non-hydrogen) atoms. The Balaban J connectivity index is 0.00000529. The molecule has 1 heterocycles. The van der Waals surface area contributed by atoms with Crippen molar-refractivity contribution in [1.29, 1.82) is 0 Å². The third-order valence-electron chi connectivity index (χ3n) is 7.99. The van der Waals surface area contributed by atoms with E-state index < -0.39 is 11.2 Å². The van der Waals surface area contributed by atoms with Crippen LogP contribution in [-0.4, -0.2) is 59.9 Å². The molecule has 1 fully saturated rings. The number of rotatable bonds is 14. The van der Waals surface area contributed by atoms with Gasteiger partial charge in [-0.05, 0) is 56.9 Å². The van der Waals surface area contributed by atoms with Crippen molar-refractivity contribution in [3.8, 4) is 5.75 Å². The van der Waals surface area contributed by atoms with Gasteiger partial charge in [-0.3, -0.25) is 4.79 Å². The van der Waals surface area contributed by atoms with Crippen molar-refractivity contribution in [3.05, 3.63) is 83.6 Å². The lowest BCUT2D eigenvalue weighted by atomic mass is 9.73. The van der Waals surface area contributed by atoms with E-state index in [4.69, 9.17) is 13.9 Å². The Bertz CT molecular complexity index is 1280. The molecule has 8 nitrogen and oxygen atoms in total. The van der Waals surface area contributed by atoms with Crippen LogP contribution in [-0.2, 0) is 28.2 Å². The lowest BCUT2D eigenvalue weighted by Gasteiger charge is -2.36. The number of esters is 1. The van der Waals surface area contributed by atoms with Gasteiger partial charge >= 0.3 is 5.97 Å². The van der Waals surface area contributed by atoms with Crippen LogP contribution in [0.15, 0.2) is 65.2 Å². The van der Waals surface area contributed by atoms with E-state index >= 15 is 0 Å². The summed E-state index contributed by atoms with van der Waals surface area (Å²) >= 11 is 0. The standard InChI is InChI=1S/C35H50N3O5.BrH/c1-34(2,3)43-32(39)25-36-23-27-17-19-30(20-18-27)41-22-12-21-38(4,5)26-31-24-37-33(42-31)35(40,28-13-8-6-9-14-28)29-15-10-7-11-16-29;/h6,8-9,13-14,17-20,24,29,36,40H,7,10-12,15-16,21-23,25-26H2,1-5H3;1H/q+1;/p-1. The minimum Gasteiger partial charge on any atom is -1.00 e. The molecule has 9 heteroatoms. The first-order valence-electron chi connectivity index (χ1n) is 15.6. The molecule has 1 aliphatic rings. The summed E-state index contributed by atoms with van der Waals surface area (Å²) in [5, 5.41) is 15.2. The highest BCUT2D eigenvalue weighted by molar-refractivity contribution is 5.72. The molecule has 0 aliphatic heterocycles. The molecule has 1 aromatic heterocycles. The topological polar surface area (TPSA) is 93.8 Å². The van der Waals surface area contributed by atoms with Gasteiger partial charge in [-0.1, -0.05) is 61.7 Å². The number of carbonyl (C=O) groups is 1. The lowest BCUT2D eigenvalue weighted by Crippen LogP contribution is -3.00. The maximum Gasteiger partial charge on any atom is 0.320 e. The number of nitrogens with one attached hydrogen (secondary N) is 1. The monoisotopic (exact) mass is 671 g/mol. The van der Waals surface area contributed by atoms with E-state index in [-0.39, 0.29) is 35.4 Å². The summed E-state index contributed by atoms with van der Waals surface area (Å²) < 4.78 is 18.3. The van der Waals surface area contributed by atoms with Crippen molar-refractivity contribution >= 4 is 5.97 Å². The smallest absolute Gasteiger partial charge is 0.320 e. The minimum atomic E-state index is -1.21. The molecule has 1 saturated carbocycles. The molecule has 2 N–H and O–H groups in total. The third kappa shape index (κ3) is 10.4. The molecule has 1 aliphatic carbocycles. The Morgan fingerprint density at radius 2 is 1.73 bits per heavy atom. The van der Waals surface area contributed by atoms with Crippen LogP contribution in [0, 0.1) is 5.92 Å². The molecule has 4 rings (SSSR count). The van der Waals surface area contributed by atoms with Crippen molar-refractivity contribution in [3.63, 3.8) is 0 Å². The van der Waals surface area contributed by atoms with Gasteiger partial charge in [0.2, 0.25) is 5.89 Å². The SMILES string of the molecule is CC(C)(C)OC(=O)CNCc1ccc(OCCC[N+](C)(C)Cc2cnc(C(O)(c3ccccc3)C3CCCCC3)o2)cc1.[Br-]. The first kappa shape index (κ1) is 35.8. The number of quaternary nitrogens is 1. The van der Waals surface area contributed by atoms with E-state index in [0.717, 1.165) is 61.3 Å². The Labute approximate surface area is 273 Å². The van der Waals surface area contributed by atoms with Crippen LogP contribution in [0.2, 0.25) is 0 Å². The maximum absolute atomic E-state index is 12.1. The molecule has 2 aromatic carbocycles. The number of hydrogen-bond donors (Lipinski definition) is 2. The predicted molar refractivity (Wildman–Crippen MR) is 167 cm³/mol. The van der Waals surface area contributed by atoms with Crippen molar-refractivity contribution in [2.24, 2.45) is 5.92 Å². The molecule has 3 aromatic rings. The van der Waals surface area contributed by atoms with Crippen LogP contribution < -0.4 is 27.0 Å². The summed E-state index contributed by atoms with van der Waals surface area (Å²) in [5.41, 5.74) is 0.234. The number of nitrogens with zero attached hydrogens (tertiary/aromatic N) is 2. The molecule has 0 bridgehead atoms. The number of aliphatic hydroxyl groups is 1. The number of hydrogen-bond acceptors (Lipinski definition) is 7. The second kappa shape index (κ2) is 16.0. The molecule has 1 atom stereocenters. The Morgan fingerprint density at radius 3 is 2.39 bits per heavy atom. The summed E-state index contributed by atoms with van der Waals surface area (Å²) in [5.74, 6) is 1.85. The van der Waals surface area contributed by atoms with Gasteiger partial charge in [0.05, 0.1) is 40.0 Å². The average Bonchev–Trinajstić information content (AvgIpc) is 3.44. The fourth-order valence-electron chi connectivity index (χ4n) is 5.88. The Morgan fingerprint density at radius 1 is 1.05 bits per heavy atom. The van der Waals surface area contributed by atoms with E-state index in [1.54, 1.807) is 6.20 Å². The summed E-state index contributed by atoms with van der Waals surface area (Å²) in [4.78, 5) is 16.5. The van der Waals surface area contributed by atoms with Crippen LogP contribution in [0.5, 0.6) is 5.75 Å². The van der Waals surface area contributed by atoms with Gasteiger partial charge in [0.25, 0.3) is 0 Å². The van der Waals surface area contributed by atoms with Gasteiger partial charge in [0.15, 0.2) is 11.4 Å². The van der Waals surface area contributed by atoms with E-state index in [0.29, 0.717) is 30.1 Å². The van der Waals surface area contributed by atoms with E-state index in [2.05, 4.69) is 24.4 Å². The predicted octanol–water partition coefficient (Wildman–Crippen LogP) is 2.97. The average molecular weight is 673 g/mol. The molecule has 242 valence electrons. The first-order chi connectivity index (χ1) is 20.4. The van der Waals surface area contributed by atoms with Crippen LogP contribution in [0.3, 0.4) is 0 Å². The van der Waals surface area contributed by atoms with Gasteiger partial charge in [0, 0.05) is 18.9 Å². The summed E-state index contributed by atoms with van der Waals surface area (Å²) in [6, 6.07) is 17.8. The zero-order valence-corrected chi connectivity index (χ0v) is 28.6. The van der Waals surface area contributed by atoms with Gasteiger partial charge < -0.3 is 45.8 Å². The number of oxazole rings is 1. The highest BCUT2D eigenvalue weighted by atomic mass is 79.9. The Hall–Kier alpha value is -2.72. The summed E-state index contributed by atoms with van der Waals surface area (Å²) in [7, 11) is 4.34. The number of aromatic nitrogens is 1. The van der Waals surface area contributed by atoms with Crippen LogP contribution >= 0.6 is 0 Å². The molecular weight excluding hydrogens is 622 g/mol. The number of carbonyl (C=O) groups excluding carboxylic acids is 1. The third-order valence-corrected chi connectivity index (χ3v) is 7.99. The number of halogens is 1. The Kier molecular flexibility index (Phi) is 13.0. The fraction of sp³-hybridized carbons (Fsp3) is 0.543. The highest BCUT2D eigenvalue weighted by Crippen LogP contribution is 2.43. The van der Waals surface area contributed by atoms with Crippen LogP contribution in [0.25, 0.3) is 0 Å². The zero-order chi connectivity index (χ0) is 30.9. The number of benzene rings is 2. The van der Waals surface area contributed by atoms with Crippen molar-refractivity contribution in [1.82, 2.24) is 10.3 Å². The van der Waals surface area contributed by atoms with Gasteiger partial charge in [-0.25, -0.2) is 4.98 Å². The second-order valence-corrected chi connectivity index (χ2v) is 13.5. The van der Waals surface area contributed by atoms with E-state index in [1.807, 2.05) is 75.4 Å². The molecule has 0 amide bonds. The highest BCUT2D eigenvalue weighted by Gasteiger charge is 2.44. The van der Waals surface area contributed by atoms with Crippen molar-refractivity contribution < 1.29 is 45.3 Å². The van der Waals surface area contributed by atoms with E-state index in [9.17, 15) is 9.90 Å². The second-order valence-electron chi connectivity index (χ2n) is 13.5. The zero-order valence-electron chi connectivity index (χ0n) is 27.0. The van der Waals surface area contributed by atoms with Crippen LogP contribution in [0.4, 0.5) is 0 Å². The minimum absolute atomic E-state index is 0. The van der Waals surface area contributed by atoms with Crippen molar-refractivity contribution in [2.75, 3.05) is 33.8 Å². The molecular formula is C35H50BrN3O5.